The number of likely N-dealkylation sites (N-methyl/N-ethyl adjacent to an activating group) is 1. The third-order valence-corrected chi connectivity index (χ3v) is 5.07. The first-order valence-electron chi connectivity index (χ1n) is 11.1. The molecule has 0 saturated carbocycles. The number of carbonyl (C=O) groups excluding carboxylic acids is 2. The number of benzene rings is 1. The summed E-state index contributed by atoms with van der Waals surface area (Å²) >= 11 is 0. The molecule has 0 aliphatic carbocycles. The van der Waals surface area contributed by atoms with Crippen LogP contribution in [0.3, 0.4) is 0 Å². The number of hydroxylamine groups is 1. The summed E-state index contributed by atoms with van der Waals surface area (Å²) in [5.41, 5.74) is 4.78. The van der Waals surface area contributed by atoms with E-state index in [-0.39, 0.29) is 37.8 Å². The lowest BCUT2D eigenvalue weighted by Crippen LogP contribution is -2.34. The van der Waals surface area contributed by atoms with Crippen LogP contribution in [0.1, 0.15) is 24.6 Å². The van der Waals surface area contributed by atoms with Crippen LogP contribution in [0.25, 0.3) is 5.69 Å². The molecule has 0 saturated heterocycles. The number of nitrogens with one attached hydrogen (secondary N) is 2. The molecule has 0 aliphatic rings. The Bertz CT molecular complexity index is 890. The van der Waals surface area contributed by atoms with Gasteiger partial charge in [0, 0.05) is 13.0 Å². The van der Waals surface area contributed by atoms with Crippen LogP contribution in [0.4, 0.5) is 0 Å². The molecule has 0 radical (unpaired) electrons. The van der Waals surface area contributed by atoms with Crippen molar-refractivity contribution in [3.05, 3.63) is 41.7 Å². The molecule has 1 aromatic heterocycles. The first-order valence-corrected chi connectivity index (χ1v) is 11.1. The first kappa shape index (κ1) is 27.5. The highest BCUT2D eigenvalue weighted by atomic mass is 16.6. The molecule has 5 N–H and O–H groups in total. The van der Waals surface area contributed by atoms with Crippen LogP contribution in [0.15, 0.2) is 30.5 Å². The SMILES string of the molecule is CCN(C)CC(=O)Cc1ccc(-n2cc(CNC(=O)CONCC[C@H](O)[C@H](O)CO)nn2)cc1. The van der Waals surface area contributed by atoms with Crippen LogP contribution in [0, 0.1) is 0 Å². The van der Waals surface area contributed by atoms with Crippen molar-refractivity contribution in [3.63, 3.8) is 0 Å². The summed E-state index contributed by atoms with van der Waals surface area (Å²) in [5.74, 6) is -0.214. The van der Waals surface area contributed by atoms with Crippen molar-refractivity contribution in [2.24, 2.45) is 0 Å². The van der Waals surface area contributed by atoms with E-state index in [0.717, 1.165) is 17.8 Å². The van der Waals surface area contributed by atoms with Crippen LogP contribution >= 0.6 is 0 Å². The third-order valence-electron chi connectivity index (χ3n) is 5.07. The minimum absolute atomic E-state index is 0.153. The van der Waals surface area contributed by atoms with Crippen molar-refractivity contribution in [1.29, 1.82) is 0 Å². The highest BCUT2D eigenvalue weighted by Crippen LogP contribution is 2.10. The summed E-state index contributed by atoms with van der Waals surface area (Å²) in [6.07, 6.45) is -0.0622. The van der Waals surface area contributed by atoms with Gasteiger partial charge >= 0.3 is 0 Å². The fourth-order valence-electron chi connectivity index (χ4n) is 2.92. The predicted octanol–water partition coefficient (Wildman–Crippen LogP) is -1.43. The van der Waals surface area contributed by atoms with E-state index in [1.807, 2.05) is 43.1 Å². The van der Waals surface area contributed by atoms with E-state index in [4.69, 9.17) is 9.94 Å². The maximum atomic E-state index is 12.1. The van der Waals surface area contributed by atoms with Gasteiger partial charge in [-0.2, -0.15) is 0 Å². The van der Waals surface area contributed by atoms with Crippen LogP contribution in [0.5, 0.6) is 0 Å². The van der Waals surface area contributed by atoms with Gasteiger partial charge in [0.1, 0.15) is 18.4 Å². The monoisotopic (exact) mass is 478 g/mol. The van der Waals surface area contributed by atoms with E-state index in [0.29, 0.717) is 18.7 Å². The highest BCUT2D eigenvalue weighted by Gasteiger charge is 2.14. The van der Waals surface area contributed by atoms with Gasteiger partial charge in [-0.25, -0.2) is 10.2 Å². The molecule has 1 heterocycles. The minimum Gasteiger partial charge on any atom is -0.394 e. The number of hydrogen-bond donors (Lipinski definition) is 5. The zero-order valence-corrected chi connectivity index (χ0v) is 19.6. The molecule has 2 atom stereocenters. The van der Waals surface area contributed by atoms with Gasteiger partial charge in [0.15, 0.2) is 5.78 Å². The Morgan fingerprint density at radius 1 is 1.21 bits per heavy atom. The molecule has 2 rings (SSSR count). The van der Waals surface area contributed by atoms with E-state index in [9.17, 15) is 19.8 Å². The first-order chi connectivity index (χ1) is 16.3. The van der Waals surface area contributed by atoms with Crippen LogP contribution < -0.4 is 10.8 Å². The second-order valence-corrected chi connectivity index (χ2v) is 7.93. The van der Waals surface area contributed by atoms with E-state index in [2.05, 4.69) is 21.1 Å². The number of Topliss-reactive ketones (excluding diaryl/α,β-unsaturated/α-hetero) is 1. The van der Waals surface area contributed by atoms with Crippen molar-refractivity contribution in [2.75, 3.05) is 39.9 Å². The zero-order chi connectivity index (χ0) is 24.9. The number of aliphatic hydroxyl groups is 3. The number of amides is 1. The van der Waals surface area contributed by atoms with Crippen molar-refractivity contribution in [1.82, 2.24) is 30.7 Å². The van der Waals surface area contributed by atoms with Gasteiger partial charge in [-0.3, -0.25) is 19.3 Å². The normalized spacial score (nSPS) is 13.1. The Morgan fingerprint density at radius 3 is 2.62 bits per heavy atom. The van der Waals surface area contributed by atoms with Crippen LogP contribution in [-0.4, -0.2) is 99.0 Å². The molecule has 1 aromatic carbocycles. The van der Waals surface area contributed by atoms with Crippen LogP contribution in [0.2, 0.25) is 0 Å². The Labute approximate surface area is 198 Å². The summed E-state index contributed by atoms with van der Waals surface area (Å²) < 4.78 is 1.59. The Balaban J connectivity index is 1.71. The molecular formula is C22H34N6O6. The molecule has 12 nitrogen and oxygen atoms in total. The summed E-state index contributed by atoms with van der Waals surface area (Å²) in [5, 5.41) is 38.2. The van der Waals surface area contributed by atoms with Crippen molar-refractivity contribution < 1.29 is 29.7 Å². The molecule has 0 aliphatic heterocycles. The van der Waals surface area contributed by atoms with E-state index < -0.39 is 18.8 Å². The molecule has 1 amide bonds. The topological polar surface area (TPSA) is 162 Å². The number of ketones is 1. The average Bonchev–Trinajstić information content (AvgIpc) is 3.31. The molecular weight excluding hydrogens is 444 g/mol. The van der Waals surface area contributed by atoms with E-state index in [1.54, 1.807) is 10.9 Å². The third kappa shape index (κ3) is 9.63. The Hall–Kier alpha value is -2.74. The number of carbonyl (C=O) groups is 2. The number of aliphatic hydroxyl groups excluding tert-OH is 3. The maximum Gasteiger partial charge on any atom is 0.248 e. The van der Waals surface area contributed by atoms with Gasteiger partial charge < -0.3 is 20.6 Å². The fourth-order valence-corrected chi connectivity index (χ4v) is 2.92. The highest BCUT2D eigenvalue weighted by molar-refractivity contribution is 5.82. The van der Waals surface area contributed by atoms with Crippen molar-refractivity contribution in [3.8, 4) is 5.69 Å². The van der Waals surface area contributed by atoms with Gasteiger partial charge in [0.2, 0.25) is 5.91 Å². The molecule has 0 bridgehead atoms. The van der Waals surface area contributed by atoms with Gasteiger partial charge in [0.25, 0.3) is 0 Å². The minimum atomic E-state index is -1.21. The lowest BCUT2D eigenvalue weighted by Gasteiger charge is -2.15. The average molecular weight is 479 g/mol. The molecule has 0 unspecified atom stereocenters. The van der Waals surface area contributed by atoms with E-state index in [1.165, 1.54) is 0 Å². The Kier molecular flexibility index (Phi) is 11.7. The van der Waals surface area contributed by atoms with Gasteiger partial charge in [0.05, 0.1) is 37.7 Å². The summed E-state index contributed by atoms with van der Waals surface area (Å²) in [6, 6.07) is 7.49. The van der Waals surface area contributed by atoms with Crippen molar-refractivity contribution >= 4 is 11.7 Å². The van der Waals surface area contributed by atoms with E-state index >= 15 is 0 Å². The van der Waals surface area contributed by atoms with Gasteiger partial charge in [-0.05, 0) is 37.7 Å². The molecule has 12 heteroatoms. The fraction of sp³-hybridized carbons (Fsp3) is 0.545. The van der Waals surface area contributed by atoms with Crippen LogP contribution in [-0.2, 0) is 27.4 Å². The molecule has 2 aromatic rings. The summed E-state index contributed by atoms with van der Waals surface area (Å²) in [7, 11) is 1.91. The number of nitrogens with zero attached hydrogens (tertiary/aromatic N) is 4. The molecule has 188 valence electrons. The largest absolute Gasteiger partial charge is 0.394 e. The summed E-state index contributed by atoms with van der Waals surface area (Å²) in [6.45, 7) is 2.85. The lowest BCUT2D eigenvalue weighted by molar-refractivity contribution is -0.128. The van der Waals surface area contributed by atoms with Gasteiger partial charge in [-0.1, -0.05) is 24.3 Å². The lowest BCUT2D eigenvalue weighted by atomic mass is 10.1. The Morgan fingerprint density at radius 2 is 1.94 bits per heavy atom. The number of aromatic nitrogens is 3. The number of rotatable bonds is 16. The second kappa shape index (κ2) is 14.5. The quantitative estimate of drug-likeness (QED) is 0.143. The molecule has 0 spiro atoms. The zero-order valence-electron chi connectivity index (χ0n) is 19.6. The predicted molar refractivity (Wildman–Crippen MR) is 123 cm³/mol. The smallest absolute Gasteiger partial charge is 0.248 e. The number of hydrogen-bond acceptors (Lipinski definition) is 10. The van der Waals surface area contributed by atoms with Gasteiger partial charge in [-0.15, -0.1) is 5.10 Å². The molecule has 0 fully saturated rings. The standard InChI is InChI=1S/C22H34N6O6/c1-3-27(2)13-19(30)10-16-4-6-18(7-5-16)28-12-17(25-26-28)11-23-22(33)15-34-24-9-8-20(31)21(32)14-29/h4-7,12,20-21,24,29,31-32H,3,8-11,13-15H2,1-2H3,(H,23,33)/t20-,21+/m0/s1. The summed E-state index contributed by atoms with van der Waals surface area (Å²) in [4.78, 5) is 30.9. The molecule has 34 heavy (non-hydrogen) atoms. The van der Waals surface area contributed by atoms with Crippen molar-refractivity contribution in [2.45, 2.75) is 38.5 Å². The second-order valence-electron chi connectivity index (χ2n) is 7.93. The maximum absolute atomic E-state index is 12.1.